The number of aliphatic hydroxyl groups is 1. The van der Waals surface area contributed by atoms with Crippen LogP contribution in [0.5, 0.6) is 5.75 Å². The first-order valence-corrected chi connectivity index (χ1v) is 7.60. The molecule has 0 amide bonds. The highest BCUT2D eigenvalue weighted by Crippen LogP contribution is 2.22. The summed E-state index contributed by atoms with van der Waals surface area (Å²) in [6.07, 6.45) is 1.69. The van der Waals surface area contributed by atoms with E-state index in [-0.39, 0.29) is 12.5 Å². The van der Waals surface area contributed by atoms with E-state index in [0.717, 1.165) is 29.3 Å². The number of rotatable bonds is 6. The maximum Gasteiger partial charge on any atom is 0.118 e. The van der Waals surface area contributed by atoms with Gasteiger partial charge in [-0.05, 0) is 43.9 Å². The second kappa shape index (κ2) is 6.86. The van der Waals surface area contributed by atoms with Crippen molar-refractivity contribution in [3.63, 3.8) is 0 Å². The number of benzene rings is 1. The molecule has 0 radical (unpaired) electrons. The fourth-order valence-electron chi connectivity index (χ4n) is 2.17. The van der Waals surface area contributed by atoms with E-state index in [4.69, 9.17) is 4.74 Å². The Bertz CT molecular complexity index is 529. The van der Waals surface area contributed by atoms with Crippen molar-refractivity contribution < 1.29 is 9.84 Å². The van der Waals surface area contributed by atoms with Gasteiger partial charge in [0.25, 0.3) is 0 Å². The fraction of sp³-hybridized carbons (Fsp3) is 0.438. The normalized spacial score (nSPS) is 12.4. The summed E-state index contributed by atoms with van der Waals surface area (Å²) < 4.78 is 5.15. The molecule has 0 saturated carbocycles. The van der Waals surface area contributed by atoms with Gasteiger partial charge in [-0.1, -0.05) is 12.1 Å². The maximum atomic E-state index is 9.58. The van der Waals surface area contributed by atoms with Gasteiger partial charge in [-0.2, -0.15) is 0 Å². The maximum absolute atomic E-state index is 9.58. The van der Waals surface area contributed by atoms with E-state index in [1.807, 2.05) is 19.1 Å². The van der Waals surface area contributed by atoms with Crippen molar-refractivity contribution in [2.45, 2.75) is 26.7 Å². The monoisotopic (exact) mass is 291 g/mol. The smallest absolute Gasteiger partial charge is 0.118 e. The molecule has 108 valence electrons. The van der Waals surface area contributed by atoms with E-state index >= 15 is 0 Å². The minimum Gasteiger partial charge on any atom is -0.497 e. The zero-order valence-electron chi connectivity index (χ0n) is 12.2. The predicted octanol–water partition coefficient (Wildman–Crippen LogP) is 3.16. The second-order valence-electron chi connectivity index (χ2n) is 5.05. The lowest BCUT2D eigenvalue weighted by molar-refractivity contribution is 0.225. The minimum atomic E-state index is 0.184. The Morgan fingerprint density at radius 3 is 2.40 bits per heavy atom. The molecule has 20 heavy (non-hydrogen) atoms. The van der Waals surface area contributed by atoms with Gasteiger partial charge in [-0.15, -0.1) is 11.3 Å². The molecule has 1 unspecified atom stereocenters. The van der Waals surface area contributed by atoms with Crippen LogP contribution in [0, 0.1) is 19.8 Å². The summed E-state index contributed by atoms with van der Waals surface area (Å²) in [7, 11) is 1.67. The highest BCUT2D eigenvalue weighted by Gasteiger charge is 2.13. The number of methoxy groups -OCH3 is 1. The van der Waals surface area contributed by atoms with Crippen molar-refractivity contribution in [3.8, 4) is 5.75 Å². The molecule has 4 heteroatoms. The van der Waals surface area contributed by atoms with E-state index in [0.29, 0.717) is 0 Å². The first kappa shape index (κ1) is 15.0. The van der Waals surface area contributed by atoms with Gasteiger partial charge >= 0.3 is 0 Å². The molecule has 0 fully saturated rings. The molecule has 0 saturated heterocycles. The number of aryl methyl sites for hydroxylation is 2. The van der Waals surface area contributed by atoms with Crippen molar-refractivity contribution in [1.29, 1.82) is 0 Å². The summed E-state index contributed by atoms with van der Waals surface area (Å²) in [5, 5.41) is 10.7. The van der Waals surface area contributed by atoms with Crippen LogP contribution in [0.1, 0.15) is 21.1 Å². The van der Waals surface area contributed by atoms with Crippen LogP contribution in [0.4, 0.5) is 0 Å². The van der Waals surface area contributed by atoms with Gasteiger partial charge in [0, 0.05) is 17.9 Å². The lowest BCUT2D eigenvalue weighted by atomic mass is 9.97. The number of aliphatic hydroxyl groups excluding tert-OH is 1. The molecule has 0 aliphatic carbocycles. The molecule has 3 nitrogen and oxygen atoms in total. The standard InChI is InChI=1S/C16H21NO2S/c1-11-12(2)20-16(17-11)9-14(10-18)8-13-4-6-15(19-3)7-5-13/h4-7,14,18H,8-10H2,1-3H3. The molecule has 0 aliphatic rings. The molecule has 1 N–H and O–H groups in total. The molecule has 0 aliphatic heterocycles. The summed E-state index contributed by atoms with van der Waals surface area (Å²) in [6.45, 7) is 4.31. The topological polar surface area (TPSA) is 42.4 Å². The molecule has 0 bridgehead atoms. The molecule has 1 aromatic heterocycles. The minimum absolute atomic E-state index is 0.184. The highest BCUT2D eigenvalue weighted by molar-refractivity contribution is 7.11. The van der Waals surface area contributed by atoms with Gasteiger partial charge in [0.2, 0.25) is 0 Å². The Kier molecular flexibility index (Phi) is 5.15. The quantitative estimate of drug-likeness (QED) is 0.889. The molecule has 0 spiro atoms. The van der Waals surface area contributed by atoms with Crippen molar-refractivity contribution >= 4 is 11.3 Å². The lowest BCUT2D eigenvalue weighted by Gasteiger charge is -2.13. The Balaban J connectivity index is 2.00. The number of thiazole rings is 1. The van der Waals surface area contributed by atoms with E-state index in [1.165, 1.54) is 10.4 Å². The van der Waals surface area contributed by atoms with Crippen molar-refractivity contribution in [1.82, 2.24) is 4.98 Å². The Labute approximate surface area is 124 Å². The number of hydrogen-bond acceptors (Lipinski definition) is 4. The summed E-state index contributed by atoms with van der Waals surface area (Å²) in [4.78, 5) is 5.82. The third-order valence-corrected chi connectivity index (χ3v) is 4.57. The predicted molar refractivity (Wildman–Crippen MR) is 82.6 cm³/mol. The molecule has 1 aromatic carbocycles. The Morgan fingerprint density at radius 1 is 1.20 bits per heavy atom. The van der Waals surface area contributed by atoms with Crippen LogP contribution in [0.2, 0.25) is 0 Å². The zero-order valence-corrected chi connectivity index (χ0v) is 13.0. The largest absolute Gasteiger partial charge is 0.497 e. The van der Waals surface area contributed by atoms with Crippen LogP contribution in [0.3, 0.4) is 0 Å². The van der Waals surface area contributed by atoms with Crippen molar-refractivity contribution in [2.75, 3.05) is 13.7 Å². The van der Waals surface area contributed by atoms with Crippen LogP contribution >= 0.6 is 11.3 Å². The van der Waals surface area contributed by atoms with E-state index in [9.17, 15) is 5.11 Å². The number of ether oxygens (including phenoxy) is 1. The van der Waals surface area contributed by atoms with E-state index in [2.05, 4.69) is 24.0 Å². The van der Waals surface area contributed by atoms with Gasteiger partial charge in [-0.25, -0.2) is 4.98 Å². The van der Waals surface area contributed by atoms with Crippen LogP contribution in [-0.2, 0) is 12.8 Å². The number of aromatic nitrogens is 1. The highest BCUT2D eigenvalue weighted by atomic mass is 32.1. The van der Waals surface area contributed by atoms with Gasteiger partial charge in [0.1, 0.15) is 5.75 Å². The molecule has 2 aromatic rings. The van der Waals surface area contributed by atoms with Gasteiger partial charge in [0.15, 0.2) is 0 Å². The number of nitrogens with zero attached hydrogens (tertiary/aromatic N) is 1. The van der Waals surface area contributed by atoms with E-state index < -0.39 is 0 Å². The summed E-state index contributed by atoms with van der Waals surface area (Å²) in [5.41, 5.74) is 2.32. The third-order valence-electron chi connectivity index (χ3n) is 3.48. The Morgan fingerprint density at radius 2 is 1.90 bits per heavy atom. The zero-order chi connectivity index (χ0) is 14.5. The SMILES string of the molecule is COc1ccc(CC(CO)Cc2nc(C)c(C)s2)cc1. The Hall–Kier alpha value is -1.39. The summed E-state index contributed by atoms with van der Waals surface area (Å²) >= 11 is 1.73. The first-order chi connectivity index (χ1) is 9.62. The fourth-order valence-corrected chi connectivity index (χ4v) is 3.22. The van der Waals surface area contributed by atoms with Crippen molar-refractivity contribution in [2.24, 2.45) is 5.92 Å². The first-order valence-electron chi connectivity index (χ1n) is 6.79. The van der Waals surface area contributed by atoms with Crippen LogP contribution in [-0.4, -0.2) is 23.8 Å². The van der Waals surface area contributed by atoms with Gasteiger partial charge in [0.05, 0.1) is 17.8 Å². The van der Waals surface area contributed by atoms with Gasteiger partial charge in [-0.3, -0.25) is 0 Å². The number of hydrogen-bond donors (Lipinski definition) is 1. The van der Waals surface area contributed by atoms with Crippen LogP contribution in [0.25, 0.3) is 0 Å². The van der Waals surface area contributed by atoms with Crippen LogP contribution < -0.4 is 4.74 Å². The molecular formula is C16H21NO2S. The molecule has 1 atom stereocenters. The third kappa shape index (κ3) is 3.81. The van der Waals surface area contributed by atoms with Crippen molar-refractivity contribution in [3.05, 3.63) is 45.4 Å². The average Bonchev–Trinajstić information content (AvgIpc) is 2.77. The summed E-state index contributed by atoms with van der Waals surface area (Å²) in [5.74, 6) is 1.08. The molecule has 2 rings (SSSR count). The van der Waals surface area contributed by atoms with Gasteiger partial charge < -0.3 is 9.84 Å². The van der Waals surface area contributed by atoms with Crippen LogP contribution in [0.15, 0.2) is 24.3 Å². The second-order valence-corrected chi connectivity index (χ2v) is 6.34. The molecular weight excluding hydrogens is 270 g/mol. The molecule has 1 heterocycles. The lowest BCUT2D eigenvalue weighted by Crippen LogP contribution is -2.12. The summed E-state index contributed by atoms with van der Waals surface area (Å²) in [6, 6.07) is 8.03. The van der Waals surface area contributed by atoms with E-state index in [1.54, 1.807) is 18.4 Å². The average molecular weight is 291 g/mol.